The molecule has 0 aliphatic heterocycles. The first-order chi connectivity index (χ1) is 9.80. The number of hydrogen-bond acceptors (Lipinski definition) is 3. The zero-order chi connectivity index (χ0) is 16.0. The van der Waals surface area contributed by atoms with Gasteiger partial charge in [0.05, 0.1) is 20.8 Å². The molecule has 1 N–H and O–H groups in total. The van der Waals surface area contributed by atoms with E-state index in [0.29, 0.717) is 17.9 Å². The van der Waals surface area contributed by atoms with Crippen molar-refractivity contribution in [1.29, 1.82) is 0 Å². The number of hydrogen-bond donors (Lipinski definition) is 1. The van der Waals surface area contributed by atoms with Crippen LogP contribution in [0.5, 0.6) is 11.5 Å². The molecule has 0 aromatic heterocycles. The summed E-state index contributed by atoms with van der Waals surface area (Å²) in [6, 6.07) is 4.81. The van der Waals surface area contributed by atoms with E-state index >= 15 is 0 Å². The zero-order valence-electron chi connectivity index (χ0n) is 12.1. The van der Waals surface area contributed by atoms with E-state index in [-0.39, 0.29) is 6.04 Å². The number of methoxy groups -OCH3 is 2. The van der Waals surface area contributed by atoms with Crippen LogP contribution < -0.4 is 14.8 Å². The Labute approximate surface area is 121 Å². The highest BCUT2D eigenvalue weighted by Crippen LogP contribution is 2.28. The highest BCUT2D eigenvalue weighted by Gasteiger charge is 2.40. The van der Waals surface area contributed by atoms with Crippen LogP contribution in [0, 0.1) is 0 Å². The number of nitrogens with one attached hydrogen (secondary N) is 1. The van der Waals surface area contributed by atoms with Crippen LogP contribution in [0.4, 0.5) is 17.6 Å². The molecule has 1 rings (SSSR count). The van der Waals surface area contributed by atoms with Crippen molar-refractivity contribution >= 4 is 0 Å². The predicted octanol–water partition coefficient (Wildman–Crippen LogP) is 3.12. The van der Waals surface area contributed by atoms with Gasteiger partial charge in [0.1, 0.15) is 0 Å². The summed E-state index contributed by atoms with van der Waals surface area (Å²) in [4.78, 5) is 0. The van der Waals surface area contributed by atoms with Crippen molar-refractivity contribution in [3.8, 4) is 11.5 Å². The van der Waals surface area contributed by atoms with E-state index in [2.05, 4.69) is 5.32 Å². The molecule has 1 atom stereocenters. The fourth-order valence-electron chi connectivity index (χ4n) is 1.82. The summed E-state index contributed by atoms with van der Waals surface area (Å²) < 4.78 is 60.0. The Bertz CT molecular complexity index is 455. The van der Waals surface area contributed by atoms with Gasteiger partial charge >= 0.3 is 12.3 Å². The molecule has 0 heterocycles. The molecule has 0 aliphatic carbocycles. The van der Waals surface area contributed by atoms with Crippen molar-refractivity contribution in [2.45, 2.75) is 31.7 Å². The van der Waals surface area contributed by atoms with Crippen LogP contribution in [0.25, 0.3) is 0 Å². The Morgan fingerprint density at radius 2 is 1.76 bits per heavy atom. The molecule has 0 amide bonds. The zero-order valence-corrected chi connectivity index (χ0v) is 12.1. The van der Waals surface area contributed by atoms with Gasteiger partial charge in [0.25, 0.3) is 0 Å². The summed E-state index contributed by atoms with van der Waals surface area (Å²) in [7, 11) is 3.00. The molecule has 0 radical (unpaired) electrons. The maximum Gasteiger partial charge on any atom is 0.319 e. The van der Waals surface area contributed by atoms with Gasteiger partial charge in [-0.2, -0.15) is 8.78 Å². The molecule has 7 heteroatoms. The van der Waals surface area contributed by atoms with Gasteiger partial charge in [0.15, 0.2) is 11.5 Å². The molecule has 120 valence electrons. The smallest absolute Gasteiger partial charge is 0.319 e. The number of ether oxygens (including phenoxy) is 2. The molecule has 0 spiro atoms. The minimum Gasteiger partial charge on any atom is -0.493 e. The van der Waals surface area contributed by atoms with Gasteiger partial charge in [-0.05, 0) is 31.0 Å². The Hall–Kier alpha value is -1.50. The normalized spacial score (nSPS) is 13.3. The Balaban J connectivity index is 2.61. The summed E-state index contributed by atoms with van der Waals surface area (Å²) in [5.41, 5.74) is 0.827. The van der Waals surface area contributed by atoms with Crippen LogP contribution in [0.15, 0.2) is 18.2 Å². The van der Waals surface area contributed by atoms with Gasteiger partial charge in [-0.3, -0.25) is 0 Å². The molecule has 1 aromatic carbocycles. The topological polar surface area (TPSA) is 30.5 Å². The van der Waals surface area contributed by atoms with E-state index in [9.17, 15) is 17.6 Å². The molecule has 21 heavy (non-hydrogen) atoms. The summed E-state index contributed by atoms with van der Waals surface area (Å²) in [5.74, 6) is -2.93. The summed E-state index contributed by atoms with van der Waals surface area (Å²) >= 11 is 0. The van der Waals surface area contributed by atoms with Crippen LogP contribution in [0.1, 0.15) is 12.5 Å². The van der Waals surface area contributed by atoms with E-state index in [4.69, 9.17) is 9.47 Å². The van der Waals surface area contributed by atoms with Gasteiger partial charge in [-0.1, -0.05) is 6.07 Å². The average Bonchev–Trinajstić information content (AvgIpc) is 2.45. The van der Waals surface area contributed by atoms with E-state index in [1.54, 1.807) is 25.1 Å². The standard InChI is InChI=1S/C14H19F4NO2/c1-9(19-8-14(17,18)13(15)16)6-10-4-5-11(20-2)12(7-10)21-3/h4-5,7,9,13,19H,6,8H2,1-3H3. The fraction of sp³-hybridized carbons (Fsp3) is 0.571. The van der Waals surface area contributed by atoms with Crippen LogP contribution in [0.2, 0.25) is 0 Å². The van der Waals surface area contributed by atoms with Crippen molar-refractivity contribution in [1.82, 2.24) is 5.32 Å². The molecule has 0 fully saturated rings. The van der Waals surface area contributed by atoms with Gasteiger partial charge < -0.3 is 14.8 Å². The van der Waals surface area contributed by atoms with Gasteiger partial charge in [-0.15, -0.1) is 0 Å². The predicted molar refractivity (Wildman–Crippen MR) is 71.7 cm³/mol. The first-order valence-corrected chi connectivity index (χ1v) is 6.40. The highest BCUT2D eigenvalue weighted by atomic mass is 19.3. The maximum absolute atomic E-state index is 12.8. The number of alkyl halides is 4. The quantitative estimate of drug-likeness (QED) is 0.749. The largest absolute Gasteiger partial charge is 0.493 e. The molecule has 0 aliphatic rings. The molecule has 0 saturated heterocycles. The van der Waals surface area contributed by atoms with E-state index in [0.717, 1.165) is 5.56 Å². The Morgan fingerprint density at radius 1 is 1.14 bits per heavy atom. The monoisotopic (exact) mass is 309 g/mol. The molecular weight excluding hydrogens is 290 g/mol. The van der Waals surface area contributed by atoms with Crippen LogP contribution in [0.3, 0.4) is 0 Å². The summed E-state index contributed by atoms with van der Waals surface area (Å²) in [6.45, 7) is 0.595. The van der Waals surface area contributed by atoms with Crippen molar-refractivity contribution in [2.24, 2.45) is 0 Å². The third-order valence-corrected chi connectivity index (χ3v) is 3.00. The number of benzene rings is 1. The second kappa shape index (κ2) is 7.49. The first kappa shape index (κ1) is 17.6. The molecule has 0 saturated carbocycles. The van der Waals surface area contributed by atoms with E-state index in [1.807, 2.05) is 0 Å². The SMILES string of the molecule is COc1ccc(CC(C)NCC(F)(F)C(F)F)cc1OC. The Morgan fingerprint density at radius 3 is 2.29 bits per heavy atom. The van der Waals surface area contributed by atoms with Crippen LogP contribution >= 0.6 is 0 Å². The average molecular weight is 309 g/mol. The lowest BCUT2D eigenvalue weighted by Crippen LogP contribution is -2.42. The van der Waals surface area contributed by atoms with Crippen molar-refractivity contribution in [3.05, 3.63) is 23.8 Å². The van der Waals surface area contributed by atoms with E-state index < -0.39 is 18.9 Å². The van der Waals surface area contributed by atoms with Crippen LogP contribution in [-0.2, 0) is 6.42 Å². The first-order valence-electron chi connectivity index (χ1n) is 6.40. The molecular formula is C14H19F4NO2. The minimum absolute atomic E-state index is 0.382. The van der Waals surface area contributed by atoms with Gasteiger partial charge in [0.2, 0.25) is 0 Å². The fourth-order valence-corrected chi connectivity index (χ4v) is 1.82. The second-order valence-corrected chi connectivity index (χ2v) is 4.74. The molecule has 3 nitrogen and oxygen atoms in total. The second-order valence-electron chi connectivity index (χ2n) is 4.74. The third kappa shape index (κ3) is 5.08. The summed E-state index contributed by atoms with van der Waals surface area (Å²) in [5, 5.41) is 2.42. The van der Waals surface area contributed by atoms with Crippen LogP contribution in [-0.4, -0.2) is 39.2 Å². The number of halogens is 4. The minimum atomic E-state index is -4.02. The lowest BCUT2D eigenvalue weighted by Gasteiger charge is -2.20. The third-order valence-electron chi connectivity index (χ3n) is 3.00. The van der Waals surface area contributed by atoms with Crippen molar-refractivity contribution < 1.29 is 27.0 Å². The van der Waals surface area contributed by atoms with Gasteiger partial charge in [-0.25, -0.2) is 8.78 Å². The van der Waals surface area contributed by atoms with E-state index in [1.165, 1.54) is 14.2 Å². The molecule has 1 unspecified atom stereocenters. The molecule has 1 aromatic rings. The Kier molecular flexibility index (Phi) is 6.26. The highest BCUT2D eigenvalue weighted by molar-refractivity contribution is 5.43. The maximum atomic E-state index is 12.8. The lowest BCUT2D eigenvalue weighted by atomic mass is 10.1. The van der Waals surface area contributed by atoms with Gasteiger partial charge in [0, 0.05) is 6.04 Å². The lowest BCUT2D eigenvalue weighted by molar-refractivity contribution is -0.126. The number of rotatable bonds is 8. The molecule has 0 bridgehead atoms. The van der Waals surface area contributed by atoms with Crippen molar-refractivity contribution in [2.75, 3.05) is 20.8 Å². The summed E-state index contributed by atoms with van der Waals surface area (Å²) in [6.07, 6.45) is -3.27. The van der Waals surface area contributed by atoms with Crippen molar-refractivity contribution in [3.63, 3.8) is 0 Å².